The van der Waals surface area contributed by atoms with E-state index in [-0.39, 0.29) is 12.5 Å². The Morgan fingerprint density at radius 2 is 2.22 bits per heavy atom. The van der Waals surface area contributed by atoms with Crippen LogP contribution in [0.4, 0.5) is 5.82 Å². The van der Waals surface area contributed by atoms with Crippen molar-refractivity contribution in [2.45, 2.75) is 13.5 Å². The molecule has 4 N–H and O–H groups in total. The lowest BCUT2D eigenvalue weighted by Crippen LogP contribution is -2.23. The van der Waals surface area contributed by atoms with Gasteiger partial charge in [-0.15, -0.1) is 0 Å². The van der Waals surface area contributed by atoms with E-state index in [9.17, 15) is 4.79 Å². The molecule has 18 heavy (non-hydrogen) atoms. The second-order valence-corrected chi connectivity index (χ2v) is 3.62. The van der Waals surface area contributed by atoms with Gasteiger partial charge in [0.05, 0.1) is 18.3 Å². The fraction of sp³-hybridized carbons (Fsp3) is 0.182. The number of pyridine rings is 1. The fourth-order valence-electron chi connectivity index (χ4n) is 1.35. The Morgan fingerprint density at radius 3 is 2.78 bits per heavy atom. The van der Waals surface area contributed by atoms with Crippen LogP contribution in [0, 0.1) is 6.92 Å². The first-order valence-corrected chi connectivity index (χ1v) is 5.31. The van der Waals surface area contributed by atoms with Gasteiger partial charge in [-0.1, -0.05) is 0 Å². The van der Waals surface area contributed by atoms with E-state index in [2.05, 4.69) is 20.7 Å². The van der Waals surface area contributed by atoms with Crippen LogP contribution in [-0.4, -0.2) is 15.9 Å². The van der Waals surface area contributed by atoms with Crippen molar-refractivity contribution >= 4 is 11.7 Å². The van der Waals surface area contributed by atoms with E-state index < -0.39 is 0 Å². The number of hydrogen-bond donors (Lipinski definition) is 3. The number of amides is 1. The standard InChI is InChI=1S/C11H13N5O2/c1-7-4-14-10(18-7)6-15-11(17)8-2-3-9(16-12)13-5-8/h2-5H,6,12H2,1H3,(H,13,16)(H,15,17). The summed E-state index contributed by atoms with van der Waals surface area (Å²) in [7, 11) is 0. The molecule has 0 radical (unpaired) electrons. The van der Waals surface area contributed by atoms with E-state index in [1.807, 2.05) is 0 Å². The molecule has 94 valence electrons. The summed E-state index contributed by atoms with van der Waals surface area (Å²) >= 11 is 0. The molecule has 0 atom stereocenters. The first-order valence-electron chi connectivity index (χ1n) is 5.31. The van der Waals surface area contributed by atoms with Crippen LogP contribution in [0.2, 0.25) is 0 Å². The second kappa shape index (κ2) is 5.28. The molecule has 1 amide bonds. The average Bonchev–Trinajstić information content (AvgIpc) is 2.82. The van der Waals surface area contributed by atoms with Crippen LogP contribution in [0.5, 0.6) is 0 Å². The van der Waals surface area contributed by atoms with Gasteiger partial charge in [0.15, 0.2) is 0 Å². The van der Waals surface area contributed by atoms with Gasteiger partial charge in [0.1, 0.15) is 11.6 Å². The molecule has 0 bridgehead atoms. The molecule has 0 saturated carbocycles. The molecular weight excluding hydrogens is 234 g/mol. The molecular formula is C11H13N5O2. The number of nitrogens with two attached hydrogens (primary N) is 1. The van der Waals surface area contributed by atoms with Gasteiger partial charge in [0.25, 0.3) is 5.91 Å². The number of nitrogen functional groups attached to an aromatic ring is 1. The Balaban J connectivity index is 1.94. The summed E-state index contributed by atoms with van der Waals surface area (Å²) in [5, 5.41) is 2.68. The lowest BCUT2D eigenvalue weighted by atomic mass is 10.2. The number of hydrogen-bond acceptors (Lipinski definition) is 6. The van der Waals surface area contributed by atoms with Gasteiger partial charge in [-0.3, -0.25) is 4.79 Å². The molecule has 0 aliphatic rings. The first-order chi connectivity index (χ1) is 8.69. The Kier molecular flexibility index (Phi) is 3.54. The minimum absolute atomic E-state index is 0.240. The van der Waals surface area contributed by atoms with Crippen LogP contribution in [-0.2, 0) is 6.54 Å². The summed E-state index contributed by atoms with van der Waals surface area (Å²) in [5.41, 5.74) is 2.83. The number of nitrogens with zero attached hydrogens (tertiary/aromatic N) is 2. The topological polar surface area (TPSA) is 106 Å². The Bertz CT molecular complexity index is 535. The largest absolute Gasteiger partial charge is 0.444 e. The van der Waals surface area contributed by atoms with Crippen LogP contribution >= 0.6 is 0 Å². The van der Waals surface area contributed by atoms with Crippen LogP contribution in [0.3, 0.4) is 0 Å². The minimum atomic E-state index is -0.248. The lowest BCUT2D eigenvalue weighted by Gasteiger charge is -2.03. The van der Waals surface area contributed by atoms with Gasteiger partial charge < -0.3 is 15.2 Å². The molecule has 0 spiro atoms. The predicted molar refractivity (Wildman–Crippen MR) is 64.5 cm³/mol. The van der Waals surface area contributed by atoms with Crippen LogP contribution in [0.15, 0.2) is 28.9 Å². The van der Waals surface area contributed by atoms with E-state index in [0.29, 0.717) is 23.0 Å². The summed E-state index contributed by atoms with van der Waals surface area (Å²) in [5.74, 6) is 6.60. The third-order valence-corrected chi connectivity index (χ3v) is 2.24. The number of carbonyl (C=O) groups is 1. The van der Waals surface area contributed by atoms with Crippen molar-refractivity contribution in [3.8, 4) is 0 Å². The van der Waals surface area contributed by atoms with Crippen LogP contribution in [0.25, 0.3) is 0 Å². The zero-order chi connectivity index (χ0) is 13.0. The van der Waals surface area contributed by atoms with E-state index in [1.165, 1.54) is 6.20 Å². The maximum Gasteiger partial charge on any atom is 0.253 e. The Labute approximate surface area is 103 Å². The Morgan fingerprint density at radius 1 is 1.39 bits per heavy atom. The highest BCUT2D eigenvalue weighted by atomic mass is 16.4. The molecule has 2 aromatic heterocycles. The van der Waals surface area contributed by atoms with Crippen LogP contribution < -0.4 is 16.6 Å². The van der Waals surface area contributed by atoms with Gasteiger partial charge >= 0.3 is 0 Å². The fourth-order valence-corrected chi connectivity index (χ4v) is 1.35. The molecule has 0 saturated heterocycles. The maximum absolute atomic E-state index is 11.8. The Hall–Kier alpha value is -2.41. The molecule has 0 aliphatic heterocycles. The summed E-state index contributed by atoms with van der Waals surface area (Å²) in [6.07, 6.45) is 3.04. The van der Waals surface area contributed by atoms with Gasteiger partial charge in [0, 0.05) is 6.20 Å². The first kappa shape index (κ1) is 12.1. The quantitative estimate of drug-likeness (QED) is 0.539. The molecule has 7 heteroatoms. The molecule has 7 nitrogen and oxygen atoms in total. The smallest absolute Gasteiger partial charge is 0.253 e. The van der Waals surface area contributed by atoms with Crippen molar-refractivity contribution in [1.82, 2.24) is 15.3 Å². The van der Waals surface area contributed by atoms with Crippen molar-refractivity contribution in [3.63, 3.8) is 0 Å². The molecule has 0 aromatic carbocycles. The third kappa shape index (κ3) is 2.83. The van der Waals surface area contributed by atoms with Crippen molar-refractivity contribution in [2.24, 2.45) is 5.84 Å². The van der Waals surface area contributed by atoms with E-state index >= 15 is 0 Å². The second-order valence-electron chi connectivity index (χ2n) is 3.62. The van der Waals surface area contributed by atoms with Gasteiger partial charge in [-0.25, -0.2) is 15.8 Å². The molecule has 0 fully saturated rings. The van der Waals surface area contributed by atoms with Gasteiger partial charge in [-0.2, -0.15) is 0 Å². The molecule has 0 unspecified atom stereocenters. The van der Waals surface area contributed by atoms with E-state index in [1.54, 1.807) is 25.3 Å². The number of hydrazine groups is 1. The summed E-state index contributed by atoms with van der Waals surface area (Å²) in [6, 6.07) is 3.24. The number of aromatic nitrogens is 2. The number of rotatable bonds is 4. The minimum Gasteiger partial charge on any atom is -0.444 e. The molecule has 2 aromatic rings. The summed E-state index contributed by atoms with van der Waals surface area (Å²) < 4.78 is 5.24. The predicted octanol–water partition coefficient (Wildman–Crippen LogP) is 0.594. The van der Waals surface area contributed by atoms with Crippen molar-refractivity contribution in [3.05, 3.63) is 41.7 Å². The van der Waals surface area contributed by atoms with E-state index in [4.69, 9.17) is 10.3 Å². The zero-order valence-corrected chi connectivity index (χ0v) is 9.80. The number of oxazole rings is 1. The highest BCUT2D eigenvalue weighted by molar-refractivity contribution is 5.93. The highest BCUT2D eigenvalue weighted by Gasteiger charge is 2.07. The molecule has 2 heterocycles. The monoisotopic (exact) mass is 247 g/mol. The van der Waals surface area contributed by atoms with Crippen LogP contribution in [0.1, 0.15) is 22.0 Å². The summed E-state index contributed by atoms with van der Waals surface area (Å²) in [4.78, 5) is 19.7. The van der Waals surface area contributed by atoms with E-state index in [0.717, 1.165) is 0 Å². The third-order valence-electron chi connectivity index (χ3n) is 2.24. The SMILES string of the molecule is Cc1cnc(CNC(=O)c2ccc(NN)nc2)o1. The highest BCUT2D eigenvalue weighted by Crippen LogP contribution is 2.04. The number of aryl methyl sites for hydroxylation is 1. The number of anilines is 1. The zero-order valence-electron chi connectivity index (χ0n) is 9.80. The lowest BCUT2D eigenvalue weighted by molar-refractivity contribution is 0.0947. The maximum atomic E-state index is 11.8. The average molecular weight is 247 g/mol. The van der Waals surface area contributed by atoms with Crippen molar-refractivity contribution < 1.29 is 9.21 Å². The normalized spacial score (nSPS) is 10.1. The van der Waals surface area contributed by atoms with Crippen molar-refractivity contribution in [2.75, 3.05) is 5.43 Å². The van der Waals surface area contributed by atoms with Crippen molar-refractivity contribution in [1.29, 1.82) is 0 Å². The molecule has 2 rings (SSSR count). The number of nitrogens with one attached hydrogen (secondary N) is 2. The number of carbonyl (C=O) groups excluding carboxylic acids is 1. The summed E-state index contributed by atoms with van der Waals surface area (Å²) in [6.45, 7) is 2.03. The molecule has 0 aliphatic carbocycles. The van der Waals surface area contributed by atoms with Gasteiger partial charge in [0.2, 0.25) is 5.89 Å². The van der Waals surface area contributed by atoms with Gasteiger partial charge in [-0.05, 0) is 19.1 Å².